The summed E-state index contributed by atoms with van der Waals surface area (Å²) in [6.45, 7) is 2.66. The Balaban J connectivity index is 1.42. The molecule has 2 aliphatic heterocycles. The van der Waals surface area contributed by atoms with Gasteiger partial charge >= 0.3 is 6.03 Å². The molecule has 1 saturated heterocycles. The van der Waals surface area contributed by atoms with E-state index in [9.17, 15) is 9.59 Å². The van der Waals surface area contributed by atoms with E-state index in [0.717, 1.165) is 43.7 Å². The minimum Gasteiger partial charge on any atom is -0.493 e. The predicted octanol–water partition coefficient (Wildman–Crippen LogP) is 2.60. The van der Waals surface area contributed by atoms with Gasteiger partial charge in [-0.15, -0.1) is 0 Å². The molecule has 1 atom stereocenters. The lowest BCUT2D eigenvalue weighted by atomic mass is 10.0. The van der Waals surface area contributed by atoms with Crippen LogP contribution in [-0.2, 0) is 4.79 Å². The summed E-state index contributed by atoms with van der Waals surface area (Å²) in [5, 5.41) is 5.79. The average Bonchev–Trinajstić information content (AvgIpc) is 2.91. The summed E-state index contributed by atoms with van der Waals surface area (Å²) >= 11 is 0. The summed E-state index contributed by atoms with van der Waals surface area (Å²) in [4.78, 5) is 26.3. The van der Waals surface area contributed by atoms with Crippen LogP contribution >= 0.6 is 0 Å². The average molecular weight is 345 g/mol. The third-order valence-electron chi connectivity index (χ3n) is 4.85. The fourth-order valence-corrected chi connectivity index (χ4v) is 3.46. The second-order valence-corrected chi connectivity index (χ2v) is 6.67. The first kappa shape index (κ1) is 17.6. The molecule has 0 aliphatic carbocycles. The zero-order valence-corrected chi connectivity index (χ0v) is 14.6. The normalized spacial score (nSPS) is 20.0. The lowest BCUT2D eigenvalue weighted by Gasteiger charge is -2.26. The molecular weight excluding hydrogens is 318 g/mol. The van der Waals surface area contributed by atoms with E-state index in [0.29, 0.717) is 19.6 Å². The quantitative estimate of drug-likeness (QED) is 0.881. The first-order chi connectivity index (χ1) is 12.2. The molecule has 2 N–H and O–H groups in total. The van der Waals surface area contributed by atoms with E-state index in [2.05, 4.69) is 10.6 Å². The number of hydrogen-bond acceptors (Lipinski definition) is 3. The molecule has 1 aromatic carbocycles. The second kappa shape index (κ2) is 8.74. The van der Waals surface area contributed by atoms with Crippen molar-refractivity contribution < 1.29 is 14.3 Å². The molecular formula is C19H27N3O3. The number of amides is 3. The van der Waals surface area contributed by atoms with Crippen molar-refractivity contribution in [1.82, 2.24) is 15.5 Å². The molecule has 25 heavy (non-hydrogen) atoms. The van der Waals surface area contributed by atoms with Crippen LogP contribution in [0.15, 0.2) is 24.3 Å². The lowest BCUT2D eigenvalue weighted by molar-refractivity contribution is -0.131. The molecule has 3 amide bonds. The fourth-order valence-electron chi connectivity index (χ4n) is 3.46. The van der Waals surface area contributed by atoms with Gasteiger partial charge in [-0.3, -0.25) is 4.79 Å². The maximum absolute atomic E-state index is 12.2. The molecule has 0 saturated carbocycles. The first-order valence-electron chi connectivity index (χ1n) is 9.28. The highest BCUT2D eigenvalue weighted by Gasteiger charge is 2.22. The standard InChI is InChI=1S/C19H27N3O3/c23-18(22-12-5-1-2-6-13-22)9-11-20-19(24)21-16-10-14-25-17-8-4-3-7-15(16)17/h3-4,7-8,16H,1-2,5-6,9-14H2,(H2,20,21,24). The predicted molar refractivity (Wildman–Crippen MR) is 95.5 cm³/mol. The Hall–Kier alpha value is -2.24. The van der Waals surface area contributed by atoms with E-state index < -0.39 is 0 Å². The van der Waals surface area contributed by atoms with Crippen molar-refractivity contribution in [3.8, 4) is 5.75 Å². The molecule has 0 bridgehead atoms. The van der Waals surface area contributed by atoms with Crippen molar-refractivity contribution in [3.63, 3.8) is 0 Å². The number of benzene rings is 1. The van der Waals surface area contributed by atoms with Gasteiger partial charge in [0.25, 0.3) is 0 Å². The molecule has 136 valence electrons. The molecule has 0 aromatic heterocycles. The number of nitrogens with one attached hydrogen (secondary N) is 2. The van der Waals surface area contributed by atoms with E-state index in [1.165, 1.54) is 12.8 Å². The maximum Gasteiger partial charge on any atom is 0.315 e. The van der Waals surface area contributed by atoms with Gasteiger partial charge in [-0.05, 0) is 18.9 Å². The van der Waals surface area contributed by atoms with Crippen molar-refractivity contribution in [1.29, 1.82) is 0 Å². The zero-order valence-electron chi connectivity index (χ0n) is 14.6. The number of para-hydroxylation sites is 1. The van der Waals surface area contributed by atoms with Crippen molar-refractivity contribution >= 4 is 11.9 Å². The van der Waals surface area contributed by atoms with Crippen LogP contribution in [-0.4, -0.2) is 43.1 Å². The molecule has 6 heteroatoms. The van der Waals surface area contributed by atoms with Crippen molar-refractivity contribution in [2.75, 3.05) is 26.2 Å². The zero-order chi connectivity index (χ0) is 17.5. The van der Waals surface area contributed by atoms with Gasteiger partial charge in [-0.1, -0.05) is 31.0 Å². The molecule has 2 aliphatic rings. The maximum atomic E-state index is 12.2. The fraction of sp³-hybridized carbons (Fsp3) is 0.579. The minimum atomic E-state index is -0.231. The van der Waals surface area contributed by atoms with Gasteiger partial charge in [0.15, 0.2) is 0 Å². The summed E-state index contributed by atoms with van der Waals surface area (Å²) in [7, 11) is 0. The van der Waals surface area contributed by atoms with Gasteiger partial charge in [-0.25, -0.2) is 4.79 Å². The molecule has 1 aromatic rings. The number of carbonyl (C=O) groups excluding carboxylic acids is 2. The molecule has 3 rings (SSSR count). The van der Waals surface area contributed by atoms with Crippen LogP contribution in [0.1, 0.15) is 50.1 Å². The number of hydrogen-bond donors (Lipinski definition) is 2. The van der Waals surface area contributed by atoms with Gasteiger partial charge in [-0.2, -0.15) is 0 Å². The van der Waals surface area contributed by atoms with Crippen LogP contribution < -0.4 is 15.4 Å². The smallest absolute Gasteiger partial charge is 0.315 e. The van der Waals surface area contributed by atoms with Gasteiger partial charge in [0, 0.05) is 38.0 Å². The van der Waals surface area contributed by atoms with Gasteiger partial charge < -0.3 is 20.3 Å². The Labute approximate surface area is 148 Å². The Morgan fingerprint density at radius 2 is 1.88 bits per heavy atom. The van der Waals surface area contributed by atoms with Crippen molar-refractivity contribution in [3.05, 3.63) is 29.8 Å². The van der Waals surface area contributed by atoms with Crippen LogP contribution in [0, 0.1) is 0 Å². The number of rotatable bonds is 4. The minimum absolute atomic E-state index is 0.0498. The molecule has 0 radical (unpaired) electrons. The third-order valence-corrected chi connectivity index (χ3v) is 4.85. The van der Waals surface area contributed by atoms with Crippen LogP contribution in [0.4, 0.5) is 4.79 Å². The number of fused-ring (bicyclic) bond motifs is 1. The highest BCUT2D eigenvalue weighted by Crippen LogP contribution is 2.31. The highest BCUT2D eigenvalue weighted by molar-refractivity contribution is 5.78. The number of nitrogens with zero attached hydrogens (tertiary/aromatic N) is 1. The number of carbonyl (C=O) groups is 2. The van der Waals surface area contributed by atoms with E-state index in [-0.39, 0.29) is 18.0 Å². The lowest BCUT2D eigenvalue weighted by Crippen LogP contribution is -2.41. The van der Waals surface area contributed by atoms with Crippen LogP contribution in [0.3, 0.4) is 0 Å². The topological polar surface area (TPSA) is 70.7 Å². The monoisotopic (exact) mass is 345 g/mol. The molecule has 6 nitrogen and oxygen atoms in total. The largest absolute Gasteiger partial charge is 0.493 e. The Morgan fingerprint density at radius 3 is 2.68 bits per heavy atom. The Morgan fingerprint density at radius 1 is 1.12 bits per heavy atom. The highest BCUT2D eigenvalue weighted by atomic mass is 16.5. The summed E-state index contributed by atoms with van der Waals surface area (Å²) in [6.07, 6.45) is 5.69. The Bertz CT molecular complexity index is 597. The Kier molecular flexibility index (Phi) is 6.14. The summed E-state index contributed by atoms with van der Waals surface area (Å²) in [6, 6.07) is 7.48. The number of likely N-dealkylation sites (tertiary alicyclic amines) is 1. The van der Waals surface area contributed by atoms with Gasteiger partial charge in [0.1, 0.15) is 5.75 Å². The number of urea groups is 1. The summed E-state index contributed by atoms with van der Waals surface area (Å²) < 4.78 is 5.60. The second-order valence-electron chi connectivity index (χ2n) is 6.67. The molecule has 1 unspecified atom stereocenters. The molecule has 1 fully saturated rings. The van der Waals surface area contributed by atoms with Crippen LogP contribution in [0.5, 0.6) is 5.75 Å². The first-order valence-corrected chi connectivity index (χ1v) is 9.28. The van der Waals surface area contributed by atoms with E-state index >= 15 is 0 Å². The molecule has 2 heterocycles. The van der Waals surface area contributed by atoms with Crippen LogP contribution in [0.2, 0.25) is 0 Å². The number of ether oxygens (including phenoxy) is 1. The van der Waals surface area contributed by atoms with Gasteiger partial charge in [0.05, 0.1) is 12.6 Å². The van der Waals surface area contributed by atoms with Crippen LogP contribution in [0.25, 0.3) is 0 Å². The van der Waals surface area contributed by atoms with E-state index in [4.69, 9.17) is 4.74 Å². The third kappa shape index (κ3) is 4.87. The van der Waals surface area contributed by atoms with Crippen molar-refractivity contribution in [2.45, 2.75) is 44.6 Å². The summed E-state index contributed by atoms with van der Waals surface area (Å²) in [5.74, 6) is 0.967. The summed E-state index contributed by atoms with van der Waals surface area (Å²) in [5.41, 5.74) is 1.00. The SMILES string of the molecule is O=C(NCCC(=O)N1CCCCCC1)NC1CCOc2ccccc21. The van der Waals surface area contributed by atoms with E-state index in [1.54, 1.807) is 0 Å². The van der Waals surface area contributed by atoms with Gasteiger partial charge in [0.2, 0.25) is 5.91 Å². The molecule has 0 spiro atoms. The van der Waals surface area contributed by atoms with Crippen molar-refractivity contribution in [2.24, 2.45) is 0 Å². The van der Waals surface area contributed by atoms with E-state index in [1.807, 2.05) is 29.2 Å².